The number of sulfonamides is 1. The number of hydrogen-bond donors (Lipinski definition) is 1. The van der Waals surface area contributed by atoms with E-state index >= 15 is 0 Å². The molecule has 1 N–H and O–H groups in total. The van der Waals surface area contributed by atoms with Gasteiger partial charge in [0.25, 0.3) is 5.91 Å². The molecule has 1 aliphatic carbocycles. The topological polar surface area (TPSA) is 93.5 Å². The van der Waals surface area contributed by atoms with Crippen molar-refractivity contribution in [3.63, 3.8) is 0 Å². The fraction of sp³-hybridized carbons (Fsp3) is 0.304. The van der Waals surface area contributed by atoms with Crippen molar-refractivity contribution in [3.8, 4) is 5.69 Å². The van der Waals surface area contributed by atoms with E-state index < -0.39 is 10.0 Å². The van der Waals surface area contributed by atoms with Crippen LogP contribution in [-0.4, -0.2) is 54.7 Å². The number of hydrogen-bond acceptors (Lipinski definition) is 5. The molecule has 2 heterocycles. The van der Waals surface area contributed by atoms with Gasteiger partial charge in [-0.2, -0.15) is 9.40 Å². The number of carbonyl (C=O) groups is 1. The first kappa shape index (κ1) is 21.7. The number of ether oxygens (including phenoxy) is 1. The molecule has 2 aromatic carbocycles. The molecule has 0 spiro atoms. The van der Waals surface area contributed by atoms with E-state index in [0.29, 0.717) is 43.4 Å². The Balaban J connectivity index is 1.36. The van der Waals surface area contributed by atoms with Crippen molar-refractivity contribution >= 4 is 21.6 Å². The lowest BCUT2D eigenvalue weighted by Gasteiger charge is -2.26. The van der Waals surface area contributed by atoms with Crippen LogP contribution in [0.4, 0.5) is 10.1 Å². The minimum absolute atomic E-state index is 0.170. The normalized spacial score (nSPS) is 16.5. The Kier molecular flexibility index (Phi) is 5.73. The molecule has 8 nitrogen and oxygen atoms in total. The fourth-order valence-electron chi connectivity index (χ4n) is 4.25. The third kappa shape index (κ3) is 4.17. The minimum atomic E-state index is -3.60. The van der Waals surface area contributed by atoms with E-state index in [-0.39, 0.29) is 16.6 Å². The Morgan fingerprint density at radius 3 is 2.39 bits per heavy atom. The molecule has 0 atom stereocenters. The first-order valence-electron chi connectivity index (χ1n) is 10.8. The second-order valence-corrected chi connectivity index (χ2v) is 9.95. The third-order valence-corrected chi connectivity index (χ3v) is 7.85. The van der Waals surface area contributed by atoms with Crippen LogP contribution in [0.1, 0.15) is 28.2 Å². The number of benzene rings is 2. The molecule has 1 fully saturated rings. The van der Waals surface area contributed by atoms with E-state index in [4.69, 9.17) is 4.74 Å². The van der Waals surface area contributed by atoms with Gasteiger partial charge in [-0.15, -0.1) is 0 Å². The molecular weight excluding hydrogens is 447 g/mol. The number of nitrogens with one attached hydrogen (secondary N) is 1. The summed E-state index contributed by atoms with van der Waals surface area (Å²) in [6.07, 6.45) is 2.46. The Hall–Kier alpha value is -3.08. The number of halogens is 1. The van der Waals surface area contributed by atoms with Gasteiger partial charge in [-0.25, -0.2) is 17.5 Å². The van der Waals surface area contributed by atoms with Crippen LogP contribution in [0.3, 0.4) is 0 Å². The quantitative estimate of drug-likeness (QED) is 0.619. The number of amides is 1. The summed E-state index contributed by atoms with van der Waals surface area (Å²) in [6, 6.07) is 12.1. The van der Waals surface area contributed by atoms with Gasteiger partial charge in [-0.3, -0.25) is 4.79 Å². The summed E-state index contributed by atoms with van der Waals surface area (Å²) in [6.45, 7) is 1.40. The highest BCUT2D eigenvalue weighted by Gasteiger charge is 2.28. The maximum Gasteiger partial charge on any atom is 0.276 e. The van der Waals surface area contributed by atoms with E-state index in [1.165, 1.54) is 28.6 Å². The number of rotatable bonds is 5. The first-order valence-corrected chi connectivity index (χ1v) is 12.2. The smallest absolute Gasteiger partial charge is 0.276 e. The van der Waals surface area contributed by atoms with Gasteiger partial charge in [0.15, 0.2) is 5.69 Å². The van der Waals surface area contributed by atoms with Gasteiger partial charge in [-0.1, -0.05) is 0 Å². The molecule has 1 aliphatic heterocycles. The van der Waals surface area contributed by atoms with Crippen molar-refractivity contribution in [3.05, 3.63) is 71.3 Å². The Bertz CT molecular complexity index is 1280. The lowest BCUT2D eigenvalue weighted by molar-refractivity contribution is 0.0730. The Morgan fingerprint density at radius 2 is 1.70 bits per heavy atom. The van der Waals surface area contributed by atoms with Gasteiger partial charge in [0.05, 0.1) is 23.8 Å². The number of nitrogens with zero attached hydrogens (tertiary/aromatic N) is 3. The van der Waals surface area contributed by atoms with Gasteiger partial charge < -0.3 is 10.1 Å². The standard InChI is InChI=1S/C23H23FN4O4S/c24-16-4-8-18(9-5-16)28-21-3-1-2-20(21)22(26-28)23(29)25-17-6-10-19(11-7-17)33(30,31)27-12-14-32-15-13-27/h4-11H,1-3,12-15H2,(H,25,29). The zero-order chi connectivity index (χ0) is 23.0. The van der Waals surface area contributed by atoms with Crippen LogP contribution in [-0.2, 0) is 27.6 Å². The van der Waals surface area contributed by atoms with Gasteiger partial charge in [0.1, 0.15) is 5.82 Å². The van der Waals surface area contributed by atoms with E-state index in [0.717, 1.165) is 30.5 Å². The highest BCUT2D eigenvalue weighted by Crippen LogP contribution is 2.29. The number of carbonyl (C=O) groups excluding carboxylic acids is 1. The summed E-state index contributed by atoms with van der Waals surface area (Å²) in [5.41, 5.74) is 3.36. The molecule has 1 saturated heterocycles. The summed E-state index contributed by atoms with van der Waals surface area (Å²) >= 11 is 0. The van der Waals surface area contributed by atoms with Crippen molar-refractivity contribution < 1.29 is 22.3 Å². The molecule has 0 unspecified atom stereocenters. The zero-order valence-corrected chi connectivity index (χ0v) is 18.6. The summed E-state index contributed by atoms with van der Waals surface area (Å²) in [4.78, 5) is 13.2. The van der Waals surface area contributed by atoms with Gasteiger partial charge in [0.2, 0.25) is 10.0 Å². The van der Waals surface area contributed by atoms with Crippen LogP contribution in [0.25, 0.3) is 5.69 Å². The molecule has 33 heavy (non-hydrogen) atoms. The van der Waals surface area contributed by atoms with Crippen LogP contribution in [0.5, 0.6) is 0 Å². The summed E-state index contributed by atoms with van der Waals surface area (Å²) < 4.78 is 47.2. The van der Waals surface area contributed by atoms with Gasteiger partial charge in [-0.05, 0) is 67.8 Å². The minimum Gasteiger partial charge on any atom is -0.379 e. The maximum absolute atomic E-state index is 13.3. The molecule has 1 aromatic heterocycles. The van der Waals surface area contributed by atoms with E-state index in [1.54, 1.807) is 28.9 Å². The number of aromatic nitrogens is 2. The monoisotopic (exact) mass is 470 g/mol. The van der Waals surface area contributed by atoms with Crippen LogP contribution in [0.2, 0.25) is 0 Å². The lowest BCUT2D eigenvalue weighted by atomic mass is 10.2. The molecule has 0 saturated carbocycles. The summed E-state index contributed by atoms with van der Waals surface area (Å²) in [5.74, 6) is -0.697. The second-order valence-electron chi connectivity index (χ2n) is 8.01. The zero-order valence-electron chi connectivity index (χ0n) is 17.8. The van der Waals surface area contributed by atoms with E-state index in [9.17, 15) is 17.6 Å². The van der Waals surface area contributed by atoms with Crippen LogP contribution < -0.4 is 5.32 Å². The molecule has 1 amide bonds. The van der Waals surface area contributed by atoms with Crippen molar-refractivity contribution in [2.24, 2.45) is 0 Å². The molecule has 3 aromatic rings. The molecule has 0 radical (unpaired) electrons. The molecule has 0 bridgehead atoms. The highest BCUT2D eigenvalue weighted by atomic mass is 32.2. The Labute approximate surface area is 191 Å². The maximum atomic E-state index is 13.3. The molecule has 172 valence electrons. The predicted molar refractivity (Wildman–Crippen MR) is 120 cm³/mol. The van der Waals surface area contributed by atoms with E-state index in [2.05, 4.69) is 10.4 Å². The highest BCUT2D eigenvalue weighted by molar-refractivity contribution is 7.89. The Morgan fingerprint density at radius 1 is 1.00 bits per heavy atom. The lowest BCUT2D eigenvalue weighted by Crippen LogP contribution is -2.40. The van der Waals surface area contributed by atoms with E-state index in [1.807, 2.05) is 0 Å². The largest absolute Gasteiger partial charge is 0.379 e. The number of morpholine rings is 1. The summed E-state index contributed by atoms with van der Waals surface area (Å²) in [7, 11) is -3.60. The first-order chi connectivity index (χ1) is 15.9. The average molecular weight is 471 g/mol. The van der Waals surface area contributed by atoms with Gasteiger partial charge >= 0.3 is 0 Å². The third-order valence-electron chi connectivity index (χ3n) is 5.94. The molecule has 5 rings (SSSR count). The van der Waals surface area contributed by atoms with Crippen LogP contribution >= 0.6 is 0 Å². The van der Waals surface area contributed by atoms with Crippen molar-refractivity contribution in [1.82, 2.24) is 14.1 Å². The second kappa shape index (κ2) is 8.69. The molecule has 2 aliphatic rings. The van der Waals surface area contributed by atoms with Crippen LogP contribution in [0, 0.1) is 5.82 Å². The predicted octanol–water partition coefficient (Wildman–Crippen LogP) is 2.77. The molecular formula is C23H23FN4O4S. The number of anilines is 1. The van der Waals surface area contributed by atoms with Crippen molar-refractivity contribution in [2.75, 3.05) is 31.6 Å². The average Bonchev–Trinajstić information content (AvgIpc) is 3.44. The SMILES string of the molecule is O=C(Nc1ccc(S(=O)(=O)N2CCOCC2)cc1)c1nn(-c2ccc(F)cc2)c2c1CCC2. The van der Waals surface area contributed by atoms with Crippen molar-refractivity contribution in [2.45, 2.75) is 24.2 Å². The fourth-order valence-corrected chi connectivity index (χ4v) is 5.66. The number of fused-ring (bicyclic) bond motifs is 1. The van der Waals surface area contributed by atoms with Crippen LogP contribution in [0.15, 0.2) is 53.4 Å². The van der Waals surface area contributed by atoms with Crippen molar-refractivity contribution in [1.29, 1.82) is 0 Å². The summed E-state index contributed by atoms with van der Waals surface area (Å²) in [5, 5.41) is 7.33. The molecule has 10 heteroatoms. The van der Waals surface area contributed by atoms with Gasteiger partial charge in [0, 0.05) is 30.0 Å².